The van der Waals surface area contributed by atoms with Crippen LogP contribution in [0.25, 0.3) is 0 Å². The molecule has 0 aromatic rings. The zero-order valence-corrected chi connectivity index (χ0v) is 12.5. The van der Waals surface area contributed by atoms with Gasteiger partial charge in [-0.05, 0) is 19.3 Å². The second-order valence-electron chi connectivity index (χ2n) is 4.93. The molecule has 0 aliphatic rings. The Kier molecular flexibility index (Phi) is 11.9. The number of hydrogen-bond donors (Lipinski definition) is 1. The Hall–Kier alpha value is -0.120. The zero-order valence-electron chi connectivity index (χ0n) is 12.5. The summed E-state index contributed by atoms with van der Waals surface area (Å²) in [4.78, 5) is 0. The standard InChI is InChI=1S/C15H32O3/c1-4-7-10-13-17-15(16,12-9-6-3)18-14-11-8-5-2/h16H,4-14H2,1-3H3. The SMILES string of the molecule is CCCCCOC(O)(CCCC)OCCCCC. The fraction of sp³-hybridized carbons (Fsp3) is 1.00. The van der Waals surface area contributed by atoms with E-state index in [4.69, 9.17) is 9.47 Å². The van der Waals surface area contributed by atoms with Crippen molar-refractivity contribution in [3.63, 3.8) is 0 Å². The first-order valence-electron chi connectivity index (χ1n) is 7.68. The minimum Gasteiger partial charge on any atom is -0.343 e. The second-order valence-corrected chi connectivity index (χ2v) is 4.93. The summed E-state index contributed by atoms with van der Waals surface area (Å²) in [6.07, 6.45) is 9.12. The maximum atomic E-state index is 10.3. The highest BCUT2D eigenvalue weighted by atomic mass is 16.8. The van der Waals surface area contributed by atoms with Crippen molar-refractivity contribution < 1.29 is 14.6 Å². The van der Waals surface area contributed by atoms with Gasteiger partial charge in [0.15, 0.2) is 0 Å². The molecule has 3 heteroatoms. The Labute approximate surface area is 113 Å². The van der Waals surface area contributed by atoms with Gasteiger partial charge in [0.05, 0.1) is 13.2 Å². The van der Waals surface area contributed by atoms with Gasteiger partial charge in [0, 0.05) is 6.42 Å². The number of hydrogen-bond acceptors (Lipinski definition) is 3. The third kappa shape index (κ3) is 9.86. The molecule has 0 aliphatic carbocycles. The lowest BCUT2D eigenvalue weighted by Gasteiger charge is -2.28. The van der Waals surface area contributed by atoms with Crippen LogP contribution in [0.3, 0.4) is 0 Å². The molecule has 0 heterocycles. The molecule has 0 radical (unpaired) electrons. The maximum absolute atomic E-state index is 10.3. The Morgan fingerprint density at radius 2 is 1.17 bits per heavy atom. The zero-order chi connectivity index (χ0) is 13.7. The molecule has 0 unspecified atom stereocenters. The average molecular weight is 260 g/mol. The van der Waals surface area contributed by atoms with Gasteiger partial charge in [-0.3, -0.25) is 0 Å². The van der Waals surface area contributed by atoms with E-state index in [0.29, 0.717) is 19.6 Å². The normalized spacial score (nSPS) is 12.0. The van der Waals surface area contributed by atoms with E-state index in [0.717, 1.165) is 51.4 Å². The smallest absolute Gasteiger partial charge is 0.280 e. The molecular weight excluding hydrogens is 228 g/mol. The number of rotatable bonds is 13. The highest BCUT2D eigenvalue weighted by molar-refractivity contribution is 4.56. The van der Waals surface area contributed by atoms with Crippen molar-refractivity contribution in [2.75, 3.05) is 13.2 Å². The molecule has 0 aliphatic heterocycles. The molecule has 0 bridgehead atoms. The second kappa shape index (κ2) is 11.9. The van der Waals surface area contributed by atoms with Crippen LogP contribution in [0, 0.1) is 0 Å². The summed E-state index contributed by atoms with van der Waals surface area (Å²) in [7, 11) is 0. The van der Waals surface area contributed by atoms with Gasteiger partial charge in [-0.25, -0.2) is 0 Å². The van der Waals surface area contributed by atoms with Gasteiger partial charge in [0.2, 0.25) is 0 Å². The van der Waals surface area contributed by atoms with E-state index in [1.165, 1.54) is 0 Å². The van der Waals surface area contributed by atoms with Gasteiger partial charge in [-0.15, -0.1) is 0 Å². The van der Waals surface area contributed by atoms with Gasteiger partial charge >= 0.3 is 0 Å². The van der Waals surface area contributed by atoms with Crippen molar-refractivity contribution in [2.24, 2.45) is 0 Å². The lowest BCUT2D eigenvalue weighted by Crippen LogP contribution is -2.36. The Bertz CT molecular complexity index is 159. The van der Waals surface area contributed by atoms with Gasteiger partial charge in [-0.2, -0.15) is 0 Å². The van der Waals surface area contributed by atoms with E-state index >= 15 is 0 Å². The molecule has 110 valence electrons. The largest absolute Gasteiger partial charge is 0.343 e. The number of aliphatic hydroxyl groups is 1. The van der Waals surface area contributed by atoms with Crippen molar-refractivity contribution in [1.29, 1.82) is 0 Å². The Morgan fingerprint density at radius 3 is 1.56 bits per heavy atom. The van der Waals surface area contributed by atoms with Gasteiger partial charge in [-0.1, -0.05) is 52.9 Å². The minimum absolute atomic E-state index is 0.571. The fourth-order valence-corrected chi connectivity index (χ4v) is 1.75. The molecule has 0 spiro atoms. The lowest BCUT2D eigenvalue weighted by molar-refractivity contribution is -0.364. The van der Waals surface area contributed by atoms with Crippen molar-refractivity contribution in [1.82, 2.24) is 0 Å². The first-order valence-corrected chi connectivity index (χ1v) is 7.68. The molecule has 0 amide bonds. The maximum Gasteiger partial charge on any atom is 0.280 e. The van der Waals surface area contributed by atoms with Crippen LogP contribution in [0.5, 0.6) is 0 Å². The molecule has 0 aromatic carbocycles. The first kappa shape index (κ1) is 17.9. The summed E-state index contributed by atoms with van der Waals surface area (Å²) >= 11 is 0. The fourth-order valence-electron chi connectivity index (χ4n) is 1.75. The van der Waals surface area contributed by atoms with Gasteiger partial charge in [0.1, 0.15) is 0 Å². The van der Waals surface area contributed by atoms with Crippen LogP contribution in [-0.4, -0.2) is 24.3 Å². The van der Waals surface area contributed by atoms with Crippen molar-refractivity contribution in [3.05, 3.63) is 0 Å². The highest BCUT2D eigenvalue weighted by Gasteiger charge is 2.27. The van der Waals surface area contributed by atoms with E-state index in [1.54, 1.807) is 0 Å². The molecule has 0 atom stereocenters. The predicted octanol–water partition coefficient (Wildman–Crippen LogP) is 4.24. The molecular formula is C15H32O3. The minimum atomic E-state index is -1.35. The molecule has 0 saturated carbocycles. The van der Waals surface area contributed by atoms with Gasteiger partial charge in [0.25, 0.3) is 5.97 Å². The molecule has 0 fully saturated rings. The topological polar surface area (TPSA) is 38.7 Å². The summed E-state index contributed by atoms with van der Waals surface area (Å²) in [5.41, 5.74) is 0. The van der Waals surface area contributed by atoms with Crippen LogP contribution < -0.4 is 0 Å². The van der Waals surface area contributed by atoms with Crippen LogP contribution in [0.2, 0.25) is 0 Å². The predicted molar refractivity (Wildman–Crippen MR) is 75.4 cm³/mol. The molecule has 18 heavy (non-hydrogen) atoms. The Morgan fingerprint density at radius 1 is 0.722 bits per heavy atom. The van der Waals surface area contributed by atoms with Gasteiger partial charge < -0.3 is 14.6 Å². The molecule has 3 nitrogen and oxygen atoms in total. The van der Waals surface area contributed by atoms with Crippen LogP contribution in [0.1, 0.15) is 78.6 Å². The van der Waals surface area contributed by atoms with Crippen molar-refractivity contribution in [2.45, 2.75) is 84.5 Å². The van der Waals surface area contributed by atoms with Crippen molar-refractivity contribution >= 4 is 0 Å². The highest BCUT2D eigenvalue weighted by Crippen LogP contribution is 2.19. The summed E-state index contributed by atoms with van der Waals surface area (Å²) in [5, 5.41) is 10.3. The summed E-state index contributed by atoms with van der Waals surface area (Å²) < 4.78 is 11.1. The van der Waals surface area contributed by atoms with Crippen LogP contribution >= 0.6 is 0 Å². The summed E-state index contributed by atoms with van der Waals surface area (Å²) in [6.45, 7) is 7.59. The van der Waals surface area contributed by atoms with Crippen LogP contribution in [-0.2, 0) is 9.47 Å². The lowest BCUT2D eigenvalue weighted by atomic mass is 10.2. The van der Waals surface area contributed by atoms with E-state index in [9.17, 15) is 5.11 Å². The molecule has 1 N–H and O–H groups in total. The summed E-state index contributed by atoms with van der Waals surface area (Å²) in [6, 6.07) is 0. The average Bonchev–Trinajstić information content (AvgIpc) is 2.38. The summed E-state index contributed by atoms with van der Waals surface area (Å²) in [5.74, 6) is -1.35. The molecule has 0 rings (SSSR count). The van der Waals surface area contributed by atoms with E-state index in [2.05, 4.69) is 20.8 Å². The molecule has 0 saturated heterocycles. The monoisotopic (exact) mass is 260 g/mol. The number of ether oxygens (including phenoxy) is 2. The quantitative estimate of drug-likeness (QED) is 0.398. The van der Waals surface area contributed by atoms with E-state index in [-0.39, 0.29) is 0 Å². The number of unbranched alkanes of at least 4 members (excludes halogenated alkanes) is 5. The third-order valence-corrected chi connectivity index (χ3v) is 3.00. The van der Waals surface area contributed by atoms with Crippen molar-refractivity contribution in [3.8, 4) is 0 Å². The third-order valence-electron chi connectivity index (χ3n) is 3.00. The van der Waals surface area contributed by atoms with Crippen LogP contribution in [0.15, 0.2) is 0 Å². The van der Waals surface area contributed by atoms with E-state index in [1.807, 2.05) is 0 Å². The van der Waals surface area contributed by atoms with Crippen LogP contribution in [0.4, 0.5) is 0 Å². The first-order chi connectivity index (χ1) is 8.68. The Balaban J connectivity index is 3.90. The van der Waals surface area contributed by atoms with E-state index < -0.39 is 5.97 Å². The molecule has 0 aromatic heterocycles.